The Morgan fingerprint density at radius 3 is 2.61 bits per heavy atom. The van der Waals surface area contributed by atoms with E-state index in [0.29, 0.717) is 0 Å². The van der Waals surface area contributed by atoms with E-state index in [-0.39, 0.29) is 0 Å². The normalized spacial score (nSPS) is 10.8. The molecule has 1 heteroatoms. The molecule has 2 aromatic carbocycles. The van der Waals surface area contributed by atoms with Gasteiger partial charge in [-0.15, -0.1) is 0 Å². The van der Waals surface area contributed by atoms with Crippen molar-refractivity contribution in [2.75, 3.05) is 12.4 Å². The Kier molecular flexibility index (Phi) is 4.63. The highest BCUT2D eigenvalue weighted by atomic mass is 14.8. The number of fused-ring (bicyclic) bond motifs is 1. The van der Waals surface area contributed by atoms with Crippen LogP contribution in [0.4, 0.5) is 5.69 Å². The molecule has 1 N–H and O–H groups in total. The van der Waals surface area contributed by atoms with E-state index < -0.39 is 0 Å². The van der Waals surface area contributed by atoms with Gasteiger partial charge in [0.1, 0.15) is 0 Å². The first-order valence-electron chi connectivity index (χ1n) is 7.04. The van der Waals surface area contributed by atoms with Crippen LogP contribution in [0.15, 0.2) is 36.4 Å². The molecule has 1 nitrogen and oxygen atoms in total. The predicted octanol–water partition coefficient (Wildman–Crippen LogP) is 5.00. The molecule has 2 rings (SSSR count). The molecule has 0 heterocycles. The Bertz CT molecular complexity index is 502. The van der Waals surface area contributed by atoms with Crippen LogP contribution in [0.1, 0.15) is 38.2 Å². The molecule has 0 radical (unpaired) electrons. The molecule has 0 aliphatic rings. The molecule has 0 saturated carbocycles. The van der Waals surface area contributed by atoms with Crippen LogP contribution in [-0.2, 0) is 6.42 Å². The van der Waals surface area contributed by atoms with Crippen molar-refractivity contribution in [1.82, 2.24) is 0 Å². The van der Waals surface area contributed by atoms with E-state index >= 15 is 0 Å². The third kappa shape index (κ3) is 3.04. The van der Waals surface area contributed by atoms with Gasteiger partial charge in [0.15, 0.2) is 0 Å². The maximum absolute atomic E-state index is 3.26. The summed E-state index contributed by atoms with van der Waals surface area (Å²) in [5.74, 6) is 0. The second kappa shape index (κ2) is 6.44. The molecule has 0 unspecified atom stereocenters. The number of hydrogen-bond donors (Lipinski definition) is 1. The molecule has 0 aliphatic heterocycles. The summed E-state index contributed by atoms with van der Waals surface area (Å²) in [5.41, 5.74) is 2.70. The second-order valence-corrected chi connectivity index (χ2v) is 4.92. The number of benzene rings is 2. The van der Waals surface area contributed by atoms with Crippen molar-refractivity contribution in [1.29, 1.82) is 0 Å². The van der Waals surface area contributed by atoms with E-state index in [1.165, 1.54) is 54.1 Å². The zero-order valence-corrected chi connectivity index (χ0v) is 11.5. The third-order valence-electron chi connectivity index (χ3n) is 3.54. The molecule has 0 amide bonds. The first-order chi connectivity index (χ1) is 8.85. The van der Waals surface area contributed by atoms with Gasteiger partial charge in [0.05, 0.1) is 0 Å². The molecular formula is C17H23N. The lowest BCUT2D eigenvalue weighted by molar-refractivity contribution is 0.668. The van der Waals surface area contributed by atoms with Gasteiger partial charge < -0.3 is 5.32 Å². The topological polar surface area (TPSA) is 12.0 Å². The Balaban J connectivity index is 2.23. The van der Waals surface area contributed by atoms with Gasteiger partial charge in [0, 0.05) is 12.7 Å². The van der Waals surface area contributed by atoms with E-state index in [9.17, 15) is 0 Å². The fraction of sp³-hybridized carbons (Fsp3) is 0.412. The van der Waals surface area contributed by atoms with Crippen molar-refractivity contribution in [2.24, 2.45) is 0 Å². The van der Waals surface area contributed by atoms with Crippen LogP contribution in [0, 0.1) is 0 Å². The highest BCUT2D eigenvalue weighted by molar-refractivity contribution is 5.89. The Morgan fingerprint density at radius 1 is 1.00 bits per heavy atom. The van der Waals surface area contributed by atoms with Crippen molar-refractivity contribution in [3.05, 3.63) is 42.0 Å². The SMILES string of the molecule is CCCCCCc1cc(NC)cc2ccccc12. The molecule has 0 bridgehead atoms. The summed E-state index contributed by atoms with van der Waals surface area (Å²) in [7, 11) is 1.99. The standard InChI is InChI=1S/C17H23N/c1-3-4-5-6-9-14-12-16(18-2)13-15-10-7-8-11-17(14)15/h7-8,10-13,18H,3-6,9H2,1-2H3. The molecule has 0 spiro atoms. The smallest absolute Gasteiger partial charge is 0.0346 e. The number of aryl methyl sites for hydroxylation is 1. The molecule has 0 atom stereocenters. The van der Waals surface area contributed by atoms with Crippen LogP contribution in [0.5, 0.6) is 0 Å². The number of unbranched alkanes of at least 4 members (excludes halogenated alkanes) is 3. The minimum Gasteiger partial charge on any atom is -0.388 e. The van der Waals surface area contributed by atoms with Gasteiger partial charge in [-0.05, 0) is 41.3 Å². The number of rotatable bonds is 6. The lowest BCUT2D eigenvalue weighted by atomic mass is 9.98. The zero-order valence-electron chi connectivity index (χ0n) is 11.5. The quantitative estimate of drug-likeness (QED) is 0.701. The van der Waals surface area contributed by atoms with E-state index in [2.05, 4.69) is 48.6 Å². The summed E-state index contributed by atoms with van der Waals surface area (Å²) in [6.45, 7) is 2.26. The van der Waals surface area contributed by atoms with Gasteiger partial charge in [-0.2, -0.15) is 0 Å². The number of hydrogen-bond acceptors (Lipinski definition) is 1. The highest BCUT2D eigenvalue weighted by Crippen LogP contribution is 2.25. The summed E-state index contributed by atoms with van der Waals surface area (Å²) < 4.78 is 0. The minimum atomic E-state index is 1.19. The van der Waals surface area contributed by atoms with Crippen LogP contribution >= 0.6 is 0 Å². The van der Waals surface area contributed by atoms with Crippen LogP contribution in [0.25, 0.3) is 10.8 Å². The monoisotopic (exact) mass is 241 g/mol. The summed E-state index contributed by atoms with van der Waals surface area (Å²) >= 11 is 0. The van der Waals surface area contributed by atoms with Crippen molar-refractivity contribution < 1.29 is 0 Å². The summed E-state index contributed by atoms with van der Waals surface area (Å²) in [5, 5.41) is 6.01. The molecule has 18 heavy (non-hydrogen) atoms. The fourth-order valence-electron chi connectivity index (χ4n) is 2.48. The van der Waals surface area contributed by atoms with Crippen LogP contribution in [0.3, 0.4) is 0 Å². The minimum absolute atomic E-state index is 1.19. The largest absolute Gasteiger partial charge is 0.388 e. The van der Waals surface area contributed by atoms with Crippen molar-refractivity contribution >= 4 is 16.5 Å². The maximum Gasteiger partial charge on any atom is 0.0346 e. The molecule has 96 valence electrons. The van der Waals surface area contributed by atoms with Crippen LogP contribution in [-0.4, -0.2) is 7.05 Å². The lowest BCUT2D eigenvalue weighted by Crippen LogP contribution is -1.93. The van der Waals surface area contributed by atoms with Gasteiger partial charge in [-0.25, -0.2) is 0 Å². The van der Waals surface area contributed by atoms with Gasteiger partial charge in [-0.3, -0.25) is 0 Å². The van der Waals surface area contributed by atoms with E-state index in [0.717, 1.165) is 0 Å². The molecule has 0 aromatic heterocycles. The first-order valence-corrected chi connectivity index (χ1v) is 7.04. The molecular weight excluding hydrogens is 218 g/mol. The van der Waals surface area contributed by atoms with E-state index in [4.69, 9.17) is 0 Å². The molecule has 2 aromatic rings. The summed E-state index contributed by atoms with van der Waals surface area (Å²) in [6, 6.07) is 13.2. The van der Waals surface area contributed by atoms with E-state index in [1.807, 2.05) is 7.05 Å². The summed E-state index contributed by atoms with van der Waals surface area (Å²) in [4.78, 5) is 0. The van der Waals surface area contributed by atoms with E-state index in [1.54, 1.807) is 0 Å². The van der Waals surface area contributed by atoms with Gasteiger partial charge >= 0.3 is 0 Å². The summed E-state index contributed by atoms with van der Waals surface area (Å²) in [6.07, 6.45) is 6.48. The fourth-order valence-corrected chi connectivity index (χ4v) is 2.48. The Morgan fingerprint density at radius 2 is 1.83 bits per heavy atom. The first kappa shape index (κ1) is 12.9. The van der Waals surface area contributed by atoms with Crippen molar-refractivity contribution in [3.63, 3.8) is 0 Å². The van der Waals surface area contributed by atoms with Crippen molar-refractivity contribution in [3.8, 4) is 0 Å². The average Bonchev–Trinajstić information content (AvgIpc) is 2.43. The number of anilines is 1. The second-order valence-electron chi connectivity index (χ2n) is 4.92. The van der Waals surface area contributed by atoms with Crippen LogP contribution < -0.4 is 5.32 Å². The predicted molar refractivity (Wildman–Crippen MR) is 81.3 cm³/mol. The molecule has 0 saturated heterocycles. The van der Waals surface area contributed by atoms with Gasteiger partial charge in [0.25, 0.3) is 0 Å². The average molecular weight is 241 g/mol. The van der Waals surface area contributed by atoms with Gasteiger partial charge in [-0.1, -0.05) is 50.5 Å². The zero-order chi connectivity index (χ0) is 12.8. The third-order valence-corrected chi connectivity index (χ3v) is 3.54. The molecule has 0 aliphatic carbocycles. The maximum atomic E-state index is 3.26. The Hall–Kier alpha value is -1.50. The van der Waals surface area contributed by atoms with Gasteiger partial charge in [0.2, 0.25) is 0 Å². The van der Waals surface area contributed by atoms with Crippen LogP contribution in [0.2, 0.25) is 0 Å². The number of nitrogens with one attached hydrogen (secondary N) is 1. The Labute approximate surface area is 110 Å². The lowest BCUT2D eigenvalue weighted by Gasteiger charge is -2.10. The highest BCUT2D eigenvalue weighted by Gasteiger charge is 2.03. The molecule has 0 fully saturated rings. The van der Waals surface area contributed by atoms with Crippen molar-refractivity contribution in [2.45, 2.75) is 39.0 Å².